The number of halogens is 1. The lowest BCUT2D eigenvalue weighted by atomic mass is 9.79. The van der Waals surface area contributed by atoms with E-state index in [2.05, 4.69) is 15.9 Å². The number of ether oxygens (including phenoxy) is 3. The molecule has 0 N–H and O–H groups in total. The lowest BCUT2D eigenvalue weighted by Gasteiger charge is -2.29. The van der Waals surface area contributed by atoms with Crippen molar-refractivity contribution in [2.24, 2.45) is 5.41 Å². The summed E-state index contributed by atoms with van der Waals surface area (Å²) in [5, 5.41) is 0. The van der Waals surface area contributed by atoms with Crippen LogP contribution in [0.1, 0.15) is 32.8 Å². The van der Waals surface area contributed by atoms with Crippen LogP contribution in [0.4, 0.5) is 4.79 Å². The fourth-order valence-corrected chi connectivity index (χ4v) is 3.84. The standard InChI is InChI=1S/C20H26BrNO6/c1-19(2,3)28-18(25)22-12-20(17(24)27-5,11-15(22)16(23)26-4)10-13-8-6-7-9-14(13)21/h6-9,15H,10-12H2,1-5H3/t15-,20?/m0/s1. The van der Waals surface area contributed by atoms with Gasteiger partial charge in [0.25, 0.3) is 0 Å². The molecule has 1 amide bonds. The maximum absolute atomic E-state index is 12.8. The van der Waals surface area contributed by atoms with Crippen LogP contribution in [0.3, 0.4) is 0 Å². The second kappa shape index (κ2) is 8.51. The average Bonchev–Trinajstić information content (AvgIpc) is 3.02. The molecular weight excluding hydrogens is 430 g/mol. The summed E-state index contributed by atoms with van der Waals surface area (Å²) in [5.74, 6) is -1.08. The van der Waals surface area contributed by atoms with Gasteiger partial charge in [0.15, 0.2) is 0 Å². The molecule has 8 heteroatoms. The van der Waals surface area contributed by atoms with E-state index in [1.807, 2.05) is 24.3 Å². The quantitative estimate of drug-likeness (QED) is 0.511. The Hall–Kier alpha value is -2.09. The molecule has 2 atom stereocenters. The molecule has 154 valence electrons. The molecule has 1 unspecified atom stereocenters. The minimum absolute atomic E-state index is 0.00428. The number of carbonyl (C=O) groups excluding carboxylic acids is 3. The third kappa shape index (κ3) is 4.84. The fraction of sp³-hybridized carbons (Fsp3) is 0.550. The SMILES string of the molecule is COC(=O)[C@@H]1CC(Cc2ccccc2Br)(C(=O)OC)CN1C(=O)OC(C)(C)C. The molecule has 28 heavy (non-hydrogen) atoms. The zero-order valence-electron chi connectivity index (χ0n) is 16.8. The zero-order chi connectivity index (χ0) is 21.1. The Balaban J connectivity index is 2.43. The maximum atomic E-state index is 12.8. The highest BCUT2D eigenvalue weighted by molar-refractivity contribution is 9.10. The summed E-state index contributed by atoms with van der Waals surface area (Å²) in [6.07, 6.45) is -0.276. The number of hydrogen-bond acceptors (Lipinski definition) is 6. The Bertz CT molecular complexity index is 759. The number of amides is 1. The molecule has 0 radical (unpaired) electrons. The van der Waals surface area contributed by atoms with Gasteiger partial charge in [-0.15, -0.1) is 0 Å². The molecule has 0 saturated carbocycles. The Labute approximate surface area is 173 Å². The summed E-state index contributed by atoms with van der Waals surface area (Å²) in [4.78, 5) is 39.2. The van der Waals surface area contributed by atoms with Crippen molar-refractivity contribution >= 4 is 34.0 Å². The van der Waals surface area contributed by atoms with Gasteiger partial charge < -0.3 is 14.2 Å². The Morgan fingerprint density at radius 2 is 1.82 bits per heavy atom. The van der Waals surface area contributed by atoms with Gasteiger partial charge in [-0.1, -0.05) is 34.1 Å². The number of hydrogen-bond donors (Lipinski definition) is 0. The van der Waals surface area contributed by atoms with Gasteiger partial charge in [-0.25, -0.2) is 9.59 Å². The van der Waals surface area contributed by atoms with Gasteiger partial charge in [-0.3, -0.25) is 9.69 Å². The first kappa shape index (κ1) is 22.2. The van der Waals surface area contributed by atoms with Crippen molar-refractivity contribution in [3.8, 4) is 0 Å². The van der Waals surface area contributed by atoms with Gasteiger partial charge in [0.1, 0.15) is 11.6 Å². The summed E-state index contributed by atoms with van der Waals surface area (Å²) in [6.45, 7) is 5.21. The minimum Gasteiger partial charge on any atom is -0.469 e. The summed E-state index contributed by atoms with van der Waals surface area (Å²) < 4.78 is 16.2. The first-order valence-electron chi connectivity index (χ1n) is 8.92. The molecule has 0 spiro atoms. The number of benzene rings is 1. The third-order valence-corrected chi connectivity index (χ3v) is 5.41. The minimum atomic E-state index is -1.09. The van der Waals surface area contributed by atoms with E-state index in [-0.39, 0.29) is 13.0 Å². The van der Waals surface area contributed by atoms with Crippen molar-refractivity contribution in [1.29, 1.82) is 0 Å². The van der Waals surface area contributed by atoms with Gasteiger partial charge in [0, 0.05) is 11.0 Å². The molecular formula is C20H26BrNO6. The van der Waals surface area contributed by atoms with E-state index in [4.69, 9.17) is 14.2 Å². The van der Waals surface area contributed by atoms with Crippen LogP contribution in [-0.4, -0.2) is 55.3 Å². The summed E-state index contributed by atoms with van der Waals surface area (Å²) >= 11 is 3.49. The molecule has 0 bridgehead atoms. The molecule has 1 aliphatic heterocycles. The molecule has 2 rings (SSSR count). The van der Waals surface area contributed by atoms with E-state index < -0.39 is 35.1 Å². The van der Waals surface area contributed by atoms with Crippen LogP contribution in [0.2, 0.25) is 0 Å². The number of nitrogens with zero attached hydrogens (tertiary/aromatic N) is 1. The van der Waals surface area contributed by atoms with Gasteiger partial charge in [0.05, 0.1) is 19.6 Å². The molecule has 1 fully saturated rings. The van der Waals surface area contributed by atoms with Crippen molar-refractivity contribution in [3.05, 3.63) is 34.3 Å². The van der Waals surface area contributed by atoms with Crippen LogP contribution >= 0.6 is 15.9 Å². The Morgan fingerprint density at radius 3 is 2.36 bits per heavy atom. The van der Waals surface area contributed by atoms with Gasteiger partial charge in [-0.05, 0) is 45.2 Å². The van der Waals surface area contributed by atoms with Crippen molar-refractivity contribution in [3.63, 3.8) is 0 Å². The number of esters is 2. The highest BCUT2D eigenvalue weighted by Gasteiger charge is 2.55. The predicted octanol–water partition coefficient (Wildman–Crippen LogP) is 3.33. The van der Waals surface area contributed by atoms with Gasteiger partial charge >= 0.3 is 18.0 Å². The van der Waals surface area contributed by atoms with E-state index in [0.717, 1.165) is 10.0 Å². The average molecular weight is 456 g/mol. The molecule has 1 aliphatic rings. The first-order valence-corrected chi connectivity index (χ1v) is 9.71. The van der Waals surface area contributed by atoms with Crippen molar-refractivity contribution in [2.75, 3.05) is 20.8 Å². The Morgan fingerprint density at radius 1 is 1.18 bits per heavy atom. The largest absolute Gasteiger partial charge is 0.469 e. The summed E-state index contributed by atoms with van der Waals surface area (Å²) in [6, 6.07) is 6.57. The normalized spacial score (nSPS) is 21.9. The van der Waals surface area contributed by atoms with Crippen LogP contribution in [0.15, 0.2) is 28.7 Å². The molecule has 1 aromatic carbocycles. The second-order valence-corrected chi connectivity index (χ2v) is 8.75. The summed E-state index contributed by atoms with van der Waals surface area (Å²) in [7, 11) is 2.55. The third-order valence-electron chi connectivity index (χ3n) is 4.64. The van der Waals surface area contributed by atoms with Crippen molar-refractivity contribution in [1.82, 2.24) is 4.90 Å². The molecule has 0 aliphatic carbocycles. The number of carbonyl (C=O) groups is 3. The predicted molar refractivity (Wildman–Crippen MR) is 106 cm³/mol. The lowest BCUT2D eigenvalue weighted by Crippen LogP contribution is -2.44. The molecule has 1 saturated heterocycles. The monoisotopic (exact) mass is 455 g/mol. The van der Waals surface area contributed by atoms with Crippen LogP contribution in [0.5, 0.6) is 0 Å². The van der Waals surface area contributed by atoms with E-state index in [1.54, 1.807) is 20.8 Å². The topological polar surface area (TPSA) is 82.1 Å². The Kier molecular flexibility index (Phi) is 6.75. The van der Waals surface area contributed by atoms with Crippen LogP contribution in [-0.2, 0) is 30.2 Å². The molecule has 1 heterocycles. The van der Waals surface area contributed by atoms with Crippen LogP contribution in [0, 0.1) is 5.41 Å². The fourth-order valence-electron chi connectivity index (χ4n) is 3.41. The summed E-state index contributed by atoms with van der Waals surface area (Å²) in [5.41, 5.74) is -0.951. The molecule has 7 nitrogen and oxygen atoms in total. The molecule has 1 aromatic rings. The van der Waals surface area contributed by atoms with E-state index >= 15 is 0 Å². The van der Waals surface area contributed by atoms with Crippen molar-refractivity contribution in [2.45, 2.75) is 45.3 Å². The van der Waals surface area contributed by atoms with Gasteiger partial charge in [-0.2, -0.15) is 0 Å². The van der Waals surface area contributed by atoms with Gasteiger partial charge in [0.2, 0.25) is 0 Å². The zero-order valence-corrected chi connectivity index (χ0v) is 18.4. The van der Waals surface area contributed by atoms with Crippen LogP contribution in [0.25, 0.3) is 0 Å². The van der Waals surface area contributed by atoms with E-state index in [9.17, 15) is 14.4 Å². The first-order chi connectivity index (χ1) is 13.0. The molecule has 0 aromatic heterocycles. The number of methoxy groups -OCH3 is 2. The van der Waals surface area contributed by atoms with Crippen molar-refractivity contribution < 1.29 is 28.6 Å². The highest BCUT2D eigenvalue weighted by Crippen LogP contribution is 2.41. The lowest BCUT2D eigenvalue weighted by molar-refractivity contribution is -0.152. The number of rotatable bonds is 4. The van der Waals surface area contributed by atoms with Crippen LogP contribution < -0.4 is 0 Å². The smallest absolute Gasteiger partial charge is 0.411 e. The van der Waals surface area contributed by atoms with E-state index in [1.165, 1.54) is 19.1 Å². The highest BCUT2D eigenvalue weighted by atomic mass is 79.9. The maximum Gasteiger partial charge on any atom is 0.411 e. The number of likely N-dealkylation sites (tertiary alicyclic amines) is 1. The van der Waals surface area contributed by atoms with E-state index in [0.29, 0.717) is 6.42 Å². The second-order valence-electron chi connectivity index (χ2n) is 7.89.